The lowest BCUT2D eigenvalue weighted by Crippen LogP contribution is -2.15. The number of carbonyl (C=O) groups excluding carboxylic acids is 2. The lowest BCUT2D eigenvalue weighted by Gasteiger charge is -2.18. The number of benzene rings is 1. The van der Waals surface area contributed by atoms with Crippen molar-refractivity contribution < 1.29 is 14.3 Å². The second-order valence-electron chi connectivity index (χ2n) is 7.01. The summed E-state index contributed by atoms with van der Waals surface area (Å²) in [6.45, 7) is 6.35. The fraction of sp³-hybridized carbons (Fsp3) is 0.364. The normalized spacial score (nSPS) is 16.2. The van der Waals surface area contributed by atoms with Gasteiger partial charge in [0.1, 0.15) is 5.00 Å². The Bertz CT molecular complexity index is 864. The van der Waals surface area contributed by atoms with Gasteiger partial charge in [-0.25, -0.2) is 4.79 Å². The molecule has 0 saturated heterocycles. The van der Waals surface area contributed by atoms with E-state index in [2.05, 4.69) is 12.2 Å². The molecule has 27 heavy (non-hydrogen) atoms. The van der Waals surface area contributed by atoms with Crippen LogP contribution in [0.3, 0.4) is 0 Å². The van der Waals surface area contributed by atoms with Crippen LogP contribution in [0.4, 0.5) is 5.00 Å². The summed E-state index contributed by atoms with van der Waals surface area (Å²) in [4.78, 5) is 26.1. The van der Waals surface area contributed by atoms with E-state index in [1.807, 2.05) is 31.2 Å². The van der Waals surface area contributed by atoms with Crippen LogP contribution < -0.4 is 5.32 Å². The molecule has 2 aromatic rings. The fourth-order valence-corrected chi connectivity index (χ4v) is 4.66. The lowest BCUT2D eigenvalue weighted by atomic mass is 9.88. The van der Waals surface area contributed by atoms with Gasteiger partial charge in [-0.2, -0.15) is 0 Å². The van der Waals surface area contributed by atoms with Gasteiger partial charge >= 0.3 is 5.97 Å². The van der Waals surface area contributed by atoms with E-state index in [0.717, 1.165) is 30.4 Å². The molecule has 1 amide bonds. The van der Waals surface area contributed by atoms with Gasteiger partial charge in [-0.1, -0.05) is 36.8 Å². The smallest absolute Gasteiger partial charge is 0.341 e. The topological polar surface area (TPSA) is 55.4 Å². The molecule has 0 radical (unpaired) electrons. The summed E-state index contributed by atoms with van der Waals surface area (Å²) in [6, 6.07) is 7.94. The average Bonchev–Trinajstić information content (AvgIpc) is 2.98. The van der Waals surface area contributed by atoms with E-state index >= 15 is 0 Å². The van der Waals surface area contributed by atoms with Crippen molar-refractivity contribution in [3.05, 3.63) is 57.5 Å². The molecular formula is C22H25NO3S. The number of hydrogen-bond donors (Lipinski definition) is 1. The number of hydrogen-bond acceptors (Lipinski definition) is 4. The van der Waals surface area contributed by atoms with E-state index < -0.39 is 0 Å². The number of thiophene rings is 1. The molecule has 1 N–H and O–H groups in total. The van der Waals surface area contributed by atoms with Crippen LogP contribution in [-0.4, -0.2) is 18.5 Å². The second kappa shape index (κ2) is 8.53. The first kappa shape index (κ1) is 19.4. The van der Waals surface area contributed by atoms with Gasteiger partial charge in [0.05, 0.1) is 12.2 Å². The number of nitrogens with one attached hydrogen (secondary N) is 1. The highest BCUT2D eigenvalue weighted by molar-refractivity contribution is 7.17. The molecule has 1 aliphatic carbocycles. The van der Waals surface area contributed by atoms with Crippen molar-refractivity contribution in [2.45, 2.75) is 40.0 Å². The molecule has 4 nitrogen and oxygen atoms in total. The maximum absolute atomic E-state index is 12.5. The van der Waals surface area contributed by atoms with E-state index in [0.29, 0.717) is 23.1 Å². The third-order valence-electron chi connectivity index (χ3n) is 4.73. The van der Waals surface area contributed by atoms with Crippen molar-refractivity contribution in [3.8, 4) is 0 Å². The van der Waals surface area contributed by atoms with Crippen molar-refractivity contribution in [2.75, 3.05) is 11.9 Å². The molecule has 0 fully saturated rings. The minimum Gasteiger partial charge on any atom is -0.462 e. The minimum atomic E-state index is -0.345. The molecule has 1 aromatic carbocycles. The second-order valence-corrected chi connectivity index (χ2v) is 8.11. The van der Waals surface area contributed by atoms with Gasteiger partial charge in [0, 0.05) is 11.0 Å². The van der Waals surface area contributed by atoms with Gasteiger partial charge < -0.3 is 10.1 Å². The van der Waals surface area contributed by atoms with Crippen LogP contribution in [-0.2, 0) is 22.4 Å². The third-order valence-corrected chi connectivity index (χ3v) is 5.90. The molecule has 1 unspecified atom stereocenters. The third kappa shape index (κ3) is 4.66. The van der Waals surface area contributed by atoms with Crippen LogP contribution in [0.15, 0.2) is 30.3 Å². The van der Waals surface area contributed by atoms with Crippen LogP contribution in [0, 0.1) is 12.8 Å². The molecule has 0 saturated carbocycles. The van der Waals surface area contributed by atoms with Gasteiger partial charge in [0.15, 0.2) is 0 Å². The molecule has 142 valence electrons. The van der Waals surface area contributed by atoms with Crippen molar-refractivity contribution in [3.63, 3.8) is 0 Å². The number of ether oxygens (including phenoxy) is 1. The van der Waals surface area contributed by atoms with Gasteiger partial charge in [0.25, 0.3) is 0 Å². The Morgan fingerprint density at radius 3 is 2.74 bits per heavy atom. The largest absolute Gasteiger partial charge is 0.462 e. The van der Waals surface area contributed by atoms with Crippen molar-refractivity contribution >= 4 is 34.3 Å². The molecule has 0 bridgehead atoms. The molecular weight excluding hydrogens is 358 g/mol. The summed E-state index contributed by atoms with van der Waals surface area (Å²) in [7, 11) is 0. The standard InChI is InChI=1S/C22H25NO3S/c1-4-26-22(25)20-17-11-7-15(3)13-18(17)27-21(20)23-19(24)12-10-16-8-5-14(2)6-9-16/h5-6,8-10,12,15H,4,7,11,13H2,1-3H3,(H,23,24). The Balaban J connectivity index is 1.81. The van der Waals surface area contributed by atoms with Crippen LogP contribution >= 0.6 is 11.3 Å². The van der Waals surface area contributed by atoms with E-state index in [1.165, 1.54) is 27.9 Å². The number of rotatable bonds is 5. The maximum Gasteiger partial charge on any atom is 0.341 e. The fourth-order valence-electron chi connectivity index (χ4n) is 3.26. The summed E-state index contributed by atoms with van der Waals surface area (Å²) in [5.41, 5.74) is 3.73. The van der Waals surface area contributed by atoms with Crippen molar-refractivity contribution in [1.29, 1.82) is 0 Å². The summed E-state index contributed by atoms with van der Waals surface area (Å²) >= 11 is 1.51. The molecule has 1 atom stereocenters. The highest BCUT2D eigenvalue weighted by Crippen LogP contribution is 2.40. The Morgan fingerprint density at radius 1 is 1.30 bits per heavy atom. The van der Waals surface area contributed by atoms with Crippen LogP contribution in [0.25, 0.3) is 6.08 Å². The van der Waals surface area contributed by atoms with E-state index in [9.17, 15) is 9.59 Å². The van der Waals surface area contributed by atoms with Gasteiger partial charge in [-0.05, 0) is 56.2 Å². The first-order chi connectivity index (χ1) is 13.0. The number of aryl methyl sites for hydroxylation is 1. The Labute approximate surface area is 164 Å². The lowest BCUT2D eigenvalue weighted by molar-refractivity contribution is -0.111. The summed E-state index contributed by atoms with van der Waals surface area (Å²) in [5, 5.41) is 3.50. The van der Waals surface area contributed by atoms with Gasteiger partial charge in [0.2, 0.25) is 5.91 Å². The maximum atomic E-state index is 12.5. The molecule has 0 spiro atoms. The number of fused-ring (bicyclic) bond motifs is 1. The summed E-state index contributed by atoms with van der Waals surface area (Å²) < 4.78 is 5.24. The number of carbonyl (C=O) groups is 2. The monoisotopic (exact) mass is 383 g/mol. The predicted molar refractivity (Wildman–Crippen MR) is 110 cm³/mol. The Kier molecular flexibility index (Phi) is 6.11. The quantitative estimate of drug-likeness (QED) is 0.583. The van der Waals surface area contributed by atoms with Crippen LogP contribution in [0.2, 0.25) is 0 Å². The zero-order valence-corrected chi connectivity index (χ0v) is 16.8. The van der Waals surface area contributed by atoms with E-state index in [-0.39, 0.29) is 11.9 Å². The molecule has 3 rings (SSSR count). The van der Waals surface area contributed by atoms with Crippen LogP contribution in [0.5, 0.6) is 0 Å². The first-order valence-electron chi connectivity index (χ1n) is 9.35. The predicted octanol–water partition coefficient (Wildman–Crippen LogP) is 5.01. The highest BCUT2D eigenvalue weighted by Gasteiger charge is 2.28. The minimum absolute atomic E-state index is 0.243. The number of amides is 1. The SMILES string of the molecule is CCOC(=O)c1c(NC(=O)C=Cc2ccc(C)cc2)sc2c1CCC(C)C2. The first-order valence-corrected chi connectivity index (χ1v) is 10.2. The zero-order valence-electron chi connectivity index (χ0n) is 16.0. The highest BCUT2D eigenvalue weighted by atomic mass is 32.1. The molecule has 1 aromatic heterocycles. The van der Waals surface area contributed by atoms with E-state index in [1.54, 1.807) is 13.0 Å². The number of esters is 1. The van der Waals surface area contributed by atoms with Gasteiger partial charge in [-0.3, -0.25) is 4.79 Å². The Morgan fingerprint density at radius 2 is 2.04 bits per heavy atom. The molecule has 5 heteroatoms. The zero-order chi connectivity index (χ0) is 19.4. The van der Waals surface area contributed by atoms with Crippen LogP contribution in [0.1, 0.15) is 52.2 Å². The average molecular weight is 384 g/mol. The van der Waals surface area contributed by atoms with Crippen molar-refractivity contribution in [1.82, 2.24) is 0 Å². The van der Waals surface area contributed by atoms with Gasteiger partial charge in [-0.15, -0.1) is 11.3 Å². The molecule has 0 aliphatic heterocycles. The summed E-state index contributed by atoms with van der Waals surface area (Å²) in [6.07, 6.45) is 6.13. The van der Waals surface area contributed by atoms with E-state index in [4.69, 9.17) is 4.74 Å². The molecule has 1 aliphatic rings. The number of anilines is 1. The summed E-state index contributed by atoms with van der Waals surface area (Å²) in [5.74, 6) is 0.00585. The molecule has 1 heterocycles. The van der Waals surface area contributed by atoms with Crippen molar-refractivity contribution in [2.24, 2.45) is 5.92 Å². The Hall–Kier alpha value is -2.40.